The lowest BCUT2D eigenvalue weighted by Gasteiger charge is -2.26. The largest absolute Gasteiger partial charge is 0.379 e. The first kappa shape index (κ1) is 13.5. The van der Waals surface area contributed by atoms with Gasteiger partial charge in [0.05, 0.1) is 18.1 Å². The maximum absolute atomic E-state index is 12.3. The highest BCUT2D eigenvalue weighted by Crippen LogP contribution is 2.19. The molecular weight excluding hydrogens is 278 g/mol. The quantitative estimate of drug-likeness (QED) is 0.781. The predicted molar refractivity (Wildman–Crippen MR) is 66.2 cm³/mol. The molecule has 1 heterocycles. The third-order valence-electron chi connectivity index (χ3n) is 2.67. The van der Waals surface area contributed by atoms with E-state index in [0.717, 1.165) is 0 Å². The second-order valence-corrected chi connectivity index (χ2v) is 6.10. The van der Waals surface area contributed by atoms with Gasteiger partial charge in [-0.3, -0.25) is 4.79 Å². The summed E-state index contributed by atoms with van der Waals surface area (Å²) in [5, 5.41) is -0.672. The summed E-state index contributed by atoms with van der Waals surface area (Å²) in [5.74, 6) is 0. The maximum atomic E-state index is 12.3. The fraction of sp³-hybridized carbons (Fsp3) is 0.364. The number of halogens is 1. The first-order valence-corrected chi connectivity index (χ1v) is 7.21. The molecule has 1 aliphatic rings. The summed E-state index contributed by atoms with van der Waals surface area (Å²) in [6.45, 7) is 1.41. The number of hydrogen-bond donors (Lipinski definition) is 0. The van der Waals surface area contributed by atoms with Gasteiger partial charge in [0.15, 0.2) is 0 Å². The second-order valence-electron chi connectivity index (χ2n) is 3.82. The second kappa shape index (κ2) is 5.36. The van der Waals surface area contributed by atoms with E-state index in [1.807, 2.05) is 0 Å². The van der Waals surface area contributed by atoms with E-state index < -0.39 is 15.3 Å². The van der Waals surface area contributed by atoms with E-state index in [4.69, 9.17) is 16.3 Å². The molecule has 0 atom stereocenters. The molecule has 1 aliphatic heterocycles. The van der Waals surface area contributed by atoms with Crippen LogP contribution in [0.1, 0.15) is 10.4 Å². The molecule has 0 spiro atoms. The van der Waals surface area contributed by atoms with E-state index in [1.165, 1.54) is 28.6 Å². The number of morpholine rings is 1. The molecule has 0 aliphatic carbocycles. The van der Waals surface area contributed by atoms with Crippen LogP contribution in [-0.4, -0.2) is 44.3 Å². The third-order valence-corrected chi connectivity index (χ3v) is 4.78. The Morgan fingerprint density at radius 2 is 1.94 bits per heavy atom. The first-order chi connectivity index (χ1) is 8.51. The van der Waals surface area contributed by atoms with Crippen LogP contribution < -0.4 is 0 Å². The number of sulfonamides is 1. The van der Waals surface area contributed by atoms with E-state index in [-0.39, 0.29) is 10.5 Å². The van der Waals surface area contributed by atoms with Crippen molar-refractivity contribution in [1.82, 2.24) is 4.31 Å². The molecule has 0 radical (unpaired) electrons. The lowest BCUT2D eigenvalue weighted by molar-refractivity contribution is 0.0730. The molecule has 1 aromatic rings. The van der Waals surface area contributed by atoms with Crippen molar-refractivity contribution in [3.05, 3.63) is 29.8 Å². The van der Waals surface area contributed by atoms with Gasteiger partial charge in [-0.15, -0.1) is 0 Å². The van der Waals surface area contributed by atoms with Crippen molar-refractivity contribution in [2.24, 2.45) is 0 Å². The first-order valence-electron chi connectivity index (χ1n) is 5.39. The van der Waals surface area contributed by atoms with E-state index in [2.05, 4.69) is 0 Å². The van der Waals surface area contributed by atoms with Gasteiger partial charge in [-0.1, -0.05) is 12.1 Å². The van der Waals surface area contributed by atoms with Crippen LogP contribution in [0.15, 0.2) is 29.2 Å². The molecule has 1 aromatic carbocycles. The summed E-state index contributed by atoms with van der Waals surface area (Å²) in [6, 6.07) is 5.73. The molecule has 98 valence electrons. The monoisotopic (exact) mass is 289 g/mol. The van der Waals surface area contributed by atoms with Crippen LogP contribution in [0, 0.1) is 0 Å². The van der Waals surface area contributed by atoms with Crippen molar-refractivity contribution in [3.8, 4) is 0 Å². The molecule has 0 saturated carbocycles. The summed E-state index contributed by atoms with van der Waals surface area (Å²) >= 11 is 5.34. The van der Waals surface area contributed by atoms with Crippen molar-refractivity contribution in [2.75, 3.05) is 26.3 Å². The molecule has 18 heavy (non-hydrogen) atoms. The Morgan fingerprint density at radius 3 is 2.56 bits per heavy atom. The van der Waals surface area contributed by atoms with Gasteiger partial charge in [0.1, 0.15) is 0 Å². The number of benzene rings is 1. The Labute approximate surface area is 110 Å². The predicted octanol–water partition coefficient (Wildman–Crippen LogP) is 1.09. The van der Waals surface area contributed by atoms with Crippen LogP contribution in [0.4, 0.5) is 0 Å². The van der Waals surface area contributed by atoms with Gasteiger partial charge < -0.3 is 4.74 Å². The number of carbonyl (C=O) groups is 1. The zero-order chi connectivity index (χ0) is 13.2. The summed E-state index contributed by atoms with van der Waals surface area (Å²) in [7, 11) is -3.58. The van der Waals surface area contributed by atoms with Gasteiger partial charge >= 0.3 is 0 Å². The number of rotatable bonds is 3. The topological polar surface area (TPSA) is 63.7 Å². The molecule has 0 bridgehead atoms. The van der Waals surface area contributed by atoms with Crippen LogP contribution in [0.2, 0.25) is 0 Å². The summed E-state index contributed by atoms with van der Waals surface area (Å²) in [4.78, 5) is 11.1. The fourth-order valence-electron chi connectivity index (χ4n) is 1.71. The molecular formula is C11H12ClNO4S. The Hall–Kier alpha value is -0.950. The summed E-state index contributed by atoms with van der Waals surface area (Å²) < 4.78 is 31.0. The molecule has 0 unspecified atom stereocenters. The van der Waals surface area contributed by atoms with Crippen molar-refractivity contribution in [2.45, 2.75) is 4.90 Å². The Kier molecular flexibility index (Phi) is 4.01. The van der Waals surface area contributed by atoms with Crippen molar-refractivity contribution in [1.29, 1.82) is 0 Å². The van der Waals surface area contributed by atoms with Crippen molar-refractivity contribution >= 4 is 26.9 Å². The zero-order valence-corrected chi connectivity index (χ0v) is 11.1. The molecule has 7 heteroatoms. The molecule has 5 nitrogen and oxygen atoms in total. The highest BCUT2D eigenvalue weighted by atomic mass is 35.5. The van der Waals surface area contributed by atoms with E-state index in [0.29, 0.717) is 26.3 Å². The van der Waals surface area contributed by atoms with Gasteiger partial charge in [0.2, 0.25) is 10.0 Å². The van der Waals surface area contributed by atoms with Gasteiger partial charge in [0, 0.05) is 18.7 Å². The smallest absolute Gasteiger partial charge is 0.252 e. The molecule has 2 rings (SSSR count). The van der Waals surface area contributed by atoms with Gasteiger partial charge in [-0.05, 0) is 23.7 Å². The van der Waals surface area contributed by atoms with Crippen LogP contribution in [-0.2, 0) is 14.8 Å². The van der Waals surface area contributed by atoms with Crippen LogP contribution in [0.5, 0.6) is 0 Å². The molecule has 0 N–H and O–H groups in total. The summed E-state index contributed by atoms with van der Waals surface area (Å²) in [5.41, 5.74) is 0.172. The van der Waals surface area contributed by atoms with Crippen LogP contribution in [0.3, 0.4) is 0 Å². The standard InChI is InChI=1S/C11H12ClNO4S/c12-11(14)9-2-1-3-10(8-9)18(15,16)13-4-6-17-7-5-13/h1-3,8H,4-7H2. The fourth-order valence-corrected chi connectivity index (χ4v) is 3.29. The van der Waals surface area contributed by atoms with Crippen LogP contribution >= 0.6 is 11.6 Å². The summed E-state index contributed by atoms with van der Waals surface area (Å²) in [6.07, 6.45) is 0. The lowest BCUT2D eigenvalue weighted by atomic mass is 10.2. The highest BCUT2D eigenvalue weighted by molar-refractivity contribution is 7.89. The minimum Gasteiger partial charge on any atom is -0.379 e. The van der Waals surface area contributed by atoms with Gasteiger partial charge in [-0.2, -0.15) is 4.31 Å². The minimum absolute atomic E-state index is 0.0795. The average molecular weight is 290 g/mol. The third kappa shape index (κ3) is 2.72. The minimum atomic E-state index is -3.58. The van der Waals surface area contributed by atoms with Gasteiger partial charge in [-0.25, -0.2) is 8.42 Å². The molecule has 0 amide bonds. The highest BCUT2D eigenvalue weighted by Gasteiger charge is 2.26. The Balaban J connectivity index is 2.34. The maximum Gasteiger partial charge on any atom is 0.252 e. The Bertz CT molecular complexity index is 552. The zero-order valence-electron chi connectivity index (χ0n) is 9.50. The number of hydrogen-bond acceptors (Lipinski definition) is 4. The van der Waals surface area contributed by atoms with Gasteiger partial charge in [0.25, 0.3) is 5.24 Å². The van der Waals surface area contributed by atoms with E-state index >= 15 is 0 Å². The molecule has 1 fully saturated rings. The molecule has 1 saturated heterocycles. The average Bonchev–Trinajstić information content (AvgIpc) is 2.40. The van der Waals surface area contributed by atoms with Crippen molar-refractivity contribution in [3.63, 3.8) is 0 Å². The van der Waals surface area contributed by atoms with Crippen LogP contribution in [0.25, 0.3) is 0 Å². The number of nitrogens with zero attached hydrogens (tertiary/aromatic N) is 1. The van der Waals surface area contributed by atoms with E-state index in [9.17, 15) is 13.2 Å². The van der Waals surface area contributed by atoms with Crippen molar-refractivity contribution < 1.29 is 17.9 Å². The normalized spacial score (nSPS) is 17.6. The van der Waals surface area contributed by atoms with E-state index in [1.54, 1.807) is 0 Å². The number of ether oxygens (including phenoxy) is 1. The molecule has 0 aromatic heterocycles. The Morgan fingerprint density at radius 1 is 1.28 bits per heavy atom. The lowest BCUT2D eigenvalue weighted by Crippen LogP contribution is -2.40. The number of carbonyl (C=O) groups excluding carboxylic acids is 1. The SMILES string of the molecule is O=C(Cl)c1cccc(S(=O)(=O)N2CCOCC2)c1.